The molecule has 7 nitrogen and oxygen atoms in total. The van der Waals surface area contributed by atoms with Gasteiger partial charge in [-0.25, -0.2) is 4.79 Å². The average Bonchev–Trinajstić information content (AvgIpc) is 2.87. The normalized spacial score (nSPS) is 10.7. The van der Waals surface area contributed by atoms with Gasteiger partial charge in [0.1, 0.15) is 6.54 Å². The molecule has 0 fully saturated rings. The van der Waals surface area contributed by atoms with Crippen molar-refractivity contribution < 1.29 is 4.79 Å². The third kappa shape index (κ3) is 2.98. The Morgan fingerprint density at radius 1 is 1.09 bits per heavy atom. The number of imidazole rings is 1. The minimum atomic E-state index is -0.264. The smallest absolute Gasteiger partial charge is 0.323 e. The maximum absolute atomic E-state index is 11.9. The first-order chi connectivity index (χ1) is 10.6. The first-order valence-corrected chi connectivity index (χ1v) is 6.75. The molecule has 7 heteroatoms. The molecule has 0 bridgehead atoms. The number of aromatic amines is 2. The summed E-state index contributed by atoms with van der Waals surface area (Å²) in [4.78, 5) is 39.9. The van der Waals surface area contributed by atoms with E-state index in [1.807, 2.05) is 6.07 Å². The number of H-pyrrole nitrogens is 2. The summed E-state index contributed by atoms with van der Waals surface area (Å²) < 4.78 is 1.34. The van der Waals surface area contributed by atoms with Gasteiger partial charge in [-0.3, -0.25) is 9.59 Å². The number of hydrogen-bond donors (Lipinski definition) is 3. The number of amides is 1. The molecule has 3 aromatic rings. The first kappa shape index (κ1) is 13.9. The summed E-state index contributed by atoms with van der Waals surface area (Å²) in [7, 11) is 0. The molecular formula is C15H14N4O3. The van der Waals surface area contributed by atoms with E-state index in [1.165, 1.54) is 10.6 Å². The molecule has 0 aliphatic carbocycles. The van der Waals surface area contributed by atoms with Gasteiger partial charge < -0.3 is 19.9 Å². The highest BCUT2D eigenvalue weighted by atomic mass is 16.2. The lowest BCUT2D eigenvalue weighted by Crippen LogP contribution is -2.31. The van der Waals surface area contributed by atoms with Crippen molar-refractivity contribution in [3.05, 3.63) is 69.0 Å². The number of nitrogens with one attached hydrogen (secondary N) is 3. The Kier molecular flexibility index (Phi) is 3.61. The Balaban J connectivity index is 1.65. The van der Waals surface area contributed by atoms with Crippen molar-refractivity contribution in [2.24, 2.45) is 0 Å². The zero-order valence-electron chi connectivity index (χ0n) is 11.6. The van der Waals surface area contributed by atoms with E-state index in [0.29, 0.717) is 12.1 Å². The molecule has 0 unspecified atom stereocenters. The van der Waals surface area contributed by atoms with E-state index in [1.54, 1.807) is 30.5 Å². The van der Waals surface area contributed by atoms with Crippen LogP contribution < -0.4 is 16.6 Å². The van der Waals surface area contributed by atoms with Crippen molar-refractivity contribution in [1.82, 2.24) is 19.9 Å². The second-order valence-electron chi connectivity index (χ2n) is 4.90. The Labute approximate surface area is 124 Å². The van der Waals surface area contributed by atoms with Crippen LogP contribution in [0.3, 0.4) is 0 Å². The maximum Gasteiger partial charge on any atom is 0.323 e. The molecule has 112 valence electrons. The lowest BCUT2D eigenvalue weighted by Gasteiger charge is -2.07. The second kappa shape index (κ2) is 5.72. The van der Waals surface area contributed by atoms with Gasteiger partial charge in [0.05, 0.1) is 11.0 Å². The van der Waals surface area contributed by atoms with Crippen LogP contribution in [-0.4, -0.2) is 20.4 Å². The van der Waals surface area contributed by atoms with E-state index in [4.69, 9.17) is 0 Å². The van der Waals surface area contributed by atoms with Crippen molar-refractivity contribution >= 4 is 16.9 Å². The molecule has 0 saturated heterocycles. The Morgan fingerprint density at radius 3 is 2.73 bits per heavy atom. The van der Waals surface area contributed by atoms with Gasteiger partial charge in [-0.2, -0.15) is 0 Å². The highest BCUT2D eigenvalue weighted by molar-refractivity contribution is 5.77. The van der Waals surface area contributed by atoms with E-state index < -0.39 is 0 Å². The quantitative estimate of drug-likeness (QED) is 0.647. The molecule has 1 aromatic carbocycles. The van der Waals surface area contributed by atoms with E-state index in [2.05, 4.69) is 15.3 Å². The predicted octanol–water partition coefficient (Wildman–Crippen LogP) is 0.334. The number of hydrogen-bond acceptors (Lipinski definition) is 3. The van der Waals surface area contributed by atoms with Crippen LogP contribution in [-0.2, 0) is 17.9 Å². The monoisotopic (exact) mass is 298 g/mol. The van der Waals surface area contributed by atoms with E-state index in [0.717, 1.165) is 11.1 Å². The lowest BCUT2D eigenvalue weighted by molar-refractivity contribution is -0.121. The molecule has 0 saturated carbocycles. The van der Waals surface area contributed by atoms with Gasteiger partial charge in [0.15, 0.2) is 0 Å². The van der Waals surface area contributed by atoms with Gasteiger partial charge in [0.25, 0.3) is 5.56 Å². The fourth-order valence-corrected chi connectivity index (χ4v) is 2.19. The van der Waals surface area contributed by atoms with Gasteiger partial charge in [0, 0.05) is 18.8 Å². The summed E-state index contributed by atoms with van der Waals surface area (Å²) in [6, 6.07) is 10.1. The fourth-order valence-electron chi connectivity index (χ4n) is 2.19. The maximum atomic E-state index is 11.9. The highest BCUT2D eigenvalue weighted by Gasteiger charge is 2.05. The van der Waals surface area contributed by atoms with Crippen LogP contribution in [0, 0.1) is 0 Å². The van der Waals surface area contributed by atoms with Crippen LogP contribution in [0.4, 0.5) is 0 Å². The molecule has 22 heavy (non-hydrogen) atoms. The van der Waals surface area contributed by atoms with E-state index in [9.17, 15) is 14.4 Å². The van der Waals surface area contributed by atoms with Gasteiger partial charge >= 0.3 is 5.69 Å². The van der Waals surface area contributed by atoms with Crippen LogP contribution in [0.15, 0.2) is 52.2 Å². The number of carbonyl (C=O) groups excluding carboxylic acids is 1. The molecule has 0 aliphatic heterocycles. The molecule has 0 aliphatic rings. The third-order valence-corrected chi connectivity index (χ3v) is 3.28. The minimum Gasteiger partial charge on any atom is -0.350 e. The molecule has 3 N–H and O–H groups in total. The average molecular weight is 298 g/mol. The standard InChI is InChI=1S/C15H14N4O3/c20-13(9-19-6-2-1-3-14(19)21)16-8-10-4-5-11-12(7-10)18-15(22)17-11/h1-7H,8-9H2,(H,16,20)(H2,17,18,22). The van der Waals surface area contributed by atoms with Crippen molar-refractivity contribution in [2.75, 3.05) is 0 Å². The van der Waals surface area contributed by atoms with Crippen molar-refractivity contribution in [2.45, 2.75) is 13.1 Å². The van der Waals surface area contributed by atoms with Gasteiger partial charge in [0.2, 0.25) is 5.91 Å². The number of nitrogens with zero attached hydrogens (tertiary/aromatic N) is 1. The summed E-state index contributed by atoms with van der Waals surface area (Å²) in [5.74, 6) is -0.254. The zero-order valence-corrected chi connectivity index (χ0v) is 11.6. The van der Waals surface area contributed by atoms with Gasteiger partial charge in [-0.15, -0.1) is 0 Å². The molecular weight excluding hydrogens is 284 g/mol. The number of carbonyl (C=O) groups is 1. The highest BCUT2D eigenvalue weighted by Crippen LogP contribution is 2.09. The molecule has 0 radical (unpaired) electrons. The van der Waals surface area contributed by atoms with Crippen LogP contribution in [0.1, 0.15) is 5.56 Å². The number of benzene rings is 1. The number of pyridine rings is 1. The minimum absolute atomic E-state index is 0.0249. The van der Waals surface area contributed by atoms with Crippen LogP contribution in [0.25, 0.3) is 11.0 Å². The second-order valence-corrected chi connectivity index (χ2v) is 4.90. The summed E-state index contributed by atoms with van der Waals surface area (Å²) in [6.07, 6.45) is 1.57. The summed E-state index contributed by atoms with van der Waals surface area (Å²) >= 11 is 0. The van der Waals surface area contributed by atoms with E-state index in [-0.39, 0.29) is 23.7 Å². The van der Waals surface area contributed by atoms with Crippen molar-refractivity contribution in [1.29, 1.82) is 0 Å². The molecule has 1 amide bonds. The van der Waals surface area contributed by atoms with Gasteiger partial charge in [-0.1, -0.05) is 12.1 Å². The number of fused-ring (bicyclic) bond motifs is 1. The van der Waals surface area contributed by atoms with Gasteiger partial charge in [-0.05, 0) is 23.8 Å². The van der Waals surface area contributed by atoms with Crippen molar-refractivity contribution in [3.8, 4) is 0 Å². The molecule has 2 aromatic heterocycles. The first-order valence-electron chi connectivity index (χ1n) is 6.75. The third-order valence-electron chi connectivity index (χ3n) is 3.28. The van der Waals surface area contributed by atoms with Crippen molar-refractivity contribution in [3.63, 3.8) is 0 Å². The van der Waals surface area contributed by atoms with Crippen LogP contribution in [0.5, 0.6) is 0 Å². The number of rotatable bonds is 4. The zero-order chi connectivity index (χ0) is 15.5. The van der Waals surface area contributed by atoms with Crippen LogP contribution >= 0.6 is 0 Å². The molecule has 0 spiro atoms. The largest absolute Gasteiger partial charge is 0.350 e. The molecule has 2 heterocycles. The summed E-state index contributed by atoms with van der Waals surface area (Å²) in [5.41, 5.74) is 1.78. The summed E-state index contributed by atoms with van der Waals surface area (Å²) in [5, 5.41) is 2.75. The Bertz CT molecular complexity index is 935. The molecule has 0 atom stereocenters. The Morgan fingerprint density at radius 2 is 1.91 bits per heavy atom. The SMILES string of the molecule is O=C(Cn1ccccc1=O)NCc1ccc2[nH]c(=O)[nH]c2c1. The lowest BCUT2D eigenvalue weighted by atomic mass is 10.2. The Hall–Kier alpha value is -3.09. The van der Waals surface area contributed by atoms with Crippen LogP contribution in [0.2, 0.25) is 0 Å². The summed E-state index contributed by atoms with van der Waals surface area (Å²) in [6.45, 7) is 0.298. The van der Waals surface area contributed by atoms with E-state index >= 15 is 0 Å². The molecule has 3 rings (SSSR count). The topological polar surface area (TPSA) is 99.8 Å². The predicted molar refractivity (Wildman–Crippen MR) is 81.5 cm³/mol. The number of aromatic nitrogens is 3. The fraction of sp³-hybridized carbons (Fsp3) is 0.133.